The number of imidazole rings is 1. The van der Waals surface area contributed by atoms with Gasteiger partial charge in [-0.15, -0.1) is 0 Å². The van der Waals surface area contributed by atoms with Crippen LogP contribution >= 0.6 is 11.6 Å². The van der Waals surface area contributed by atoms with Crippen molar-refractivity contribution in [1.29, 1.82) is 0 Å². The summed E-state index contributed by atoms with van der Waals surface area (Å²) < 4.78 is 12.2. The molecule has 2 aromatic rings. The number of aromatic nitrogens is 2. The summed E-state index contributed by atoms with van der Waals surface area (Å²) >= 11 is 5.93. The Kier molecular flexibility index (Phi) is 2.44. The van der Waals surface area contributed by atoms with Crippen molar-refractivity contribution in [3.63, 3.8) is 0 Å². The Morgan fingerprint density at radius 1 is 1.27 bits per heavy atom. The summed E-state index contributed by atoms with van der Waals surface area (Å²) in [5.41, 5.74) is 1.63. The van der Waals surface area contributed by atoms with Crippen LogP contribution in [0.15, 0.2) is 12.1 Å². The molecule has 0 aliphatic heterocycles. The maximum atomic E-state index is 5.93. The molecule has 0 N–H and O–H groups in total. The number of benzene rings is 1. The van der Waals surface area contributed by atoms with Gasteiger partial charge in [0.15, 0.2) is 11.5 Å². The van der Waals surface area contributed by atoms with Crippen molar-refractivity contribution < 1.29 is 9.47 Å². The number of ether oxygens (including phenoxy) is 2. The van der Waals surface area contributed by atoms with Crippen LogP contribution in [0.1, 0.15) is 0 Å². The van der Waals surface area contributed by atoms with Crippen molar-refractivity contribution in [2.45, 2.75) is 0 Å². The van der Waals surface area contributed by atoms with E-state index in [2.05, 4.69) is 4.98 Å². The predicted octanol–water partition coefficient (Wildman–Crippen LogP) is 2.24. The van der Waals surface area contributed by atoms with E-state index in [1.54, 1.807) is 18.8 Å². The molecule has 0 amide bonds. The van der Waals surface area contributed by atoms with Gasteiger partial charge in [0.2, 0.25) is 5.28 Å². The molecule has 2 rings (SSSR count). The summed E-state index contributed by atoms with van der Waals surface area (Å²) in [5.74, 6) is 1.26. The molecule has 0 aliphatic carbocycles. The third-order valence-electron chi connectivity index (χ3n) is 2.34. The summed E-state index contributed by atoms with van der Waals surface area (Å²) in [7, 11) is 5.03. The van der Waals surface area contributed by atoms with Crippen molar-refractivity contribution >= 4 is 22.6 Å². The molecule has 1 aromatic heterocycles. The highest BCUT2D eigenvalue weighted by atomic mass is 35.5. The van der Waals surface area contributed by atoms with Gasteiger partial charge in [0.1, 0.15) is 5.52 Å². The molecule has 1 aromatic carbocycles. The van der Waals surface area contributed by atoms with E-state index in [1.165, 1.54) is 0 Å². The summed E-state index contributed by atoms with van der Waals surface area (Å²) in [6.07, 6.45) is 0. The molecule has 15 heavy (non-hydrogen) atoms. The van der Waals surface area contributed by atoms with Crippen molar-refractivity contribution in [2.24, 2.45) is 7.05 Å². The third kappa shape index (κ3) is 1.41. The number of rotatable bonds is 2. The van der Waals surface area contributed by atoms with E-state index in [-0.39, 0.29) is 0 Å². The topological polar surface area (TPSA) is 36.3 Å². The molecule has 0 atom stereocenters. The Hall–Kier alpha value is -1.42. The van der Waals surface area contributed by atoms with Gasteiger partial charge in [-0.2, -0.15) is 0 Å². The molecule has 0 saturated heterocycles. The normalized spacial score (nSPS) is 10.7. The van der Waals surface area contributed by atoms with Crippen molar-refractivity contribution in [2.75, 3.05) is 14.2 Å². The van der Waals surface area contributed by atoms with Crippen LogP contribution < -0.4 is 9.47 Å². The molecular formula is C10H11ClN2O2. The standard InChI is InChI=1S/C10H11ClN2O2/c1-13-6-4-5-7(14-2)9(15-3)8(6)12-10(13)11/h4-5H,1-3H3. The lowest BCUT2D eigenvalue weighted by atomic mass is 10.2. The third-order valence-corrected chi connectivity index (χ3v) is 2.68. The van der Waals surface area contributed by atoms with Crippen molar-refractivity contribution in [1.82, 2.24) is 9.55 Å². The minimum Gasteiger partial charge on any atom is -0.493 e. The fourth-order valence-corrected chi connectivity index (χ4v) is 1.72. The number of hydrogen-bond donors (Lipinski definition) is 0. The number of aryl methyl sites for hydroxylation is 1. The highest BCUT2D eigenvalue weighted by Gasteiger charge is 2.14. The van der Waals surface area contributed by atoms with Crippen molar-refractivity contribution in [3.05, 3.63) is 17.4 Å². The van der Waals surface area contributed by atoms with Gasteiger partial charge in [-0.25, -0.2) is 4.98 Å². The fourth-order valence-electron chi connectivity index (χ4n) is 1.55. The first-order valence-corrected chi connectivity index (χ1v) is 4.79. The molecule has 0 bridgehead atoms. The molecule has 0 saturated carbocycles. The van der Waals surface area contributed by atoms with Crippen LogP contribution in [0.5, 0.6) is 11.5 Å². The molecule has 5 heteroatoms. The van der Waals surface area contributed by atoms with Crippen LogP contribution in [-0.4, -0.2) is 23.8 Å². The maximum absolute atomic E-state index is 5.93. The van der Waals surface area contributed by atoms with E-state index in [1.807, 2.05) is 19.2 Å². The Morgan fingerprint density at radius 3 is 2.60 bits per heavy atom. The van der Waals surface area contributed by atoms with E-state index in [0.29, 0.717) is 22.3 Å². The summed E-state index contributed by atoms with van der Waals surface area (Å²) in [6, 6.07) is 3.73. The highest BCUT2D eigenvalue weighted by Crippen LogP contribution is 2.35. The van der Waals surface area contributed by atoms with Gasteiger partial charge in [-0.3, -0.25) is 0 Å². The van der Waals surface area contributed by atoms with Gasteiger partial charge in [0, 0.05) is 7.05 Å². The van der Waals surface area contributed by atoms with Crippen LogP contribution in [-0.2, 0) is 7.05 Å². The average Bonchev–Trinajstić information content (AvgIpc) is 2.54. The number of halogens is 1. The summed E-state index contributed by atoms with van der Waals surface area (Å²) in [5, 5.41) is 0.427. The second-order valence-electron chi connectivity index (χ2n) is 3.11. The Labute approximate surface area is 92.4 Å². The van der Waals surface area contributed by atoms with Gasteiger partial charge < -0.3 is 14.0 Å². The number of hydrogen-bond acceptors (Lipinski definition) is 3. The van der Waals surface area contributed by atoms with Crippen LogP contribution in [0.4, 0.5) is 0 Å². The van der Waals surface area contributed by atoms with E-state index in [4.69, 9.17) is 21.1 Å². The molecular weight excluding hydrogens is 216 g/mol. The largest absolute Gasteiger partial charge is 0.493 e. The average molecular weight is 227 g/mol. The summed E-state index contributed by atoms with van der Waals surface area (Å²) in [6.45, 7) is 0. The van der Waals surface area contributed by atoms with Crippen LogP contribution in [0.25, 0.3) is 11.0 Å². The number of nitrogens with zero attached hydrogens (tertiary/aromatic N) is 2. The molecule has 0 radical (unpaired) electrons. The molecule has 0 aliphatic rings. The monoisotopic (exact) mass is 226 g/mol. The summed E-state index contributed by atoms with van der Waals surface area (Å²) in [4.78, 5) is 4.22. The molecule has 0 fully saturated rings. The Morgan fingerprint density at radius 2 is 2.00 bits per heavy atom. The lowest BCUT2D eigenvalue weighted by molar-refractivity contribution is 0.358. The predicted molar refractivity (Wildman–Crippen MR) is 58.8 cm³/mol. The molecule has 1 heterocycles. The minimum atomic E-state index is 0.427. The minimum absolute atomic E-state index is 0.427. The first kappa shape index (κ1) is 10.1. The van der Waals surface area contributed by atoms with Gasteiger partial charge in [-0.05, 0) is 23.7 Å². The Balaban J connectivity index is 2.82. The van der Waals surface area contributed by atoms with Gasteiger partial charge >= 0.3 is 0 Å². The van der Waals surface area contributed by atoms with Crippen LogP contribution in [0, 0.1) is 0 Å². The quantitative estimate of drug-likeness (QED) is 0.788. The zero-order chi connectivity index (χ0) is 11.0. The fraction of sp³-hybridized carbons (Fsp3) is 0.300. The van der Waals surface area contributed by atoms with Gasteiger partial charge in [0.05, 0.1) is 19.7 Å². The Bertz CT molecular complexity index is 508. The SMILES string of the molecule is COc1ccc2c(nc(Cl)n2C)c1OC. The smallest absolute Gasteiger partial charge is 0.203 e. The number of methoxy groups -OCH3 is 2. The first-order chi connectivity index (χ1) is 7.19. The van der Waals surface area contributed by atoms with E-state index >= 15 is 0 Å². The molecule has 0 spiro atoms. The lowest BCUT2D eigenvalue weighted by Crippen LogP contribution is -1.92. The molecule has 80 valence electrons. The first-order valence-electron chi connectivity index (χ1n) is 4.42. The zero-order valence-electron chi connectivity index (χ0n) is 8.74. The second-order valence-corrected chi connectivity index (χ2v) is 3.45. The maximum Gasteiger partial charge on any atom is 0.203 e. The zero-order valence-corrected chi connectivity index (χ0v) is 9.50. The molecule has 0 unspecified atom stereocenters. The van der Waals surface area contributed by atoms with Crippen LogP contribution in [0.3, 0.4) is 0 Å². The number of fused-ring (bicyclic) bond motifs is 1. The highest BCUT2D eigenvalue weighted by molar-refractivity contribution is 6.29. The van der Waals surface area contributed by atoms with Gasteiger partial charge in [-0.1, -0.05) is 0 Å². The molecule has 4 nitrogen and oxygen atoms in total. The second kappa shape index (κ2) is 3.62. The van der Waals surface area contributed by atoms with Gasteiger partial charge in [0.25, 0.3) is 0 Å². The van der Waals surface area contributed by atoms with E-state index in [9.17, 15) is 0 Å². The lowest BCUT2D eigenvalue weighted by Gasteiger charge is -2.07. The van der Waals surface area contributed by atoms with Crippen molar-refractivity contribution in [3.8, 4) is 11.5 Å². The van der Waals surface area contributed by atoms with Crippen LogP contribution in [0.2, 0.25) is 5.28 Å². The van der Waals surface area contributed by atoms with E-state index < -0.39 is 0 Å². The van der Waals surface area contributed by atoms with E-state index in [0.717, 1.165) is 5.52 Å².